The summed E-state index contributed by atoms with van der Waals surface area (Å²) in [4.78, 5) is 0. The van der Waals surface area contributed by atoms with Crippen LogP contribution >= 0.6 is 0 Å². The molecule has 0 spiro atoms. The van der Waals surface area contributed by atoms with Gasteiger partial charge in [-0.15, -0.1) is 0 Å². The number of benzene rings is 1. The fourth-order valence-electron chi connectivity index (χ4n) is 3.71. The van der Waals surface area contributed by atoms with Crippen molar-refractivity contribution in [2.24, 2.45) is 5.73 Å². The normalized spacial score (nSPS) is 24.4. The summed E-state index contributed by atoms with van der Waals surface area (Å²) in [7, 11) is 0. The number of aryl methyl sites for hydroxylation is 1. The maximum Gasteiger partial charge on any atom is 0.101 e. The molecule has 0 saturated carbocycles. The highest BCUT2D eigenvalue weighted by Gasteiger charge is 2.23. The lowest BCUT2D eigenvalue weighted by Crippen LogP contribution is -2.20. The molecule has 2 heterocycles. The van der Waals surface area contributed by atoms with E-state index in [-0.39, 0.29) is 12.1 Å². The van der Waals surface area contributed by atoms with Crippen molar-refractivity contribution in [3.05, 3.63) is 58.9 Å². The van der Waals surface area contributed by atoms with Gasteiger partial charge in [-0.05, 0) is 47.9 Å². The van der Waals surface area contributed by atoms with Crippen LogP contribution in [0.3, 0.4) is 0 Å². The first-order valence-electron chi connectivity index (χ1n) is 7.95. The second-order valence-corrected chi connectivity index (χ2v) is 6.24. The van der Waals surface area contributed by atoms with Gasteiger partial charge >= 0.3 is 0 Å². The second kappa shape index (κ2) is 5.32. The predicted octanol–water partition coefficient (Wildman–Crippen LogP) is 3.14. The number of hydrogen-bond donors (Lipinski definition) is 1. The summed E-state index contributed by atoms with van der Waals surface area (Å²) in [6, 6.07) is 8.87. The lowest BCUT2D eigenvalue weighted by atomic mass is 9.92. The van der Waals surface area contributed by atoms with E-state index in [9.17, 15) is 0 Å². The third-order valence-corrected chi connectivity index (χ3v) is 4.83. The molecule has 1 aromatic carbocycles. The average Bonchev–Trinajstić information content (AvgIpc) is 2.92. The Hall–Kier alpha value is -1.58. The first-order chi connectivity index (χ1) is 10.3. The van der Waals surface area contributed by atoms with Crippen molar-refractivity contribution in [3.8, 4) is 0 Å². The molecule has 0 fully saturated rings. The third kappa shape index (κ3) is 2.41. The topological polar surface area (TPSA) is 40.2 Å². The van der Waals surface area contributed by atoms with Gasteiger partial charge in [-0.1, -0.05) is 24.3 Å². The molecule has 1 aliphatic heterocycles. The highest BCUT2D eigenvalue weighted by Crippen LogP contribution is 2.32. The minimum Gasteiger partial charge on any atom is -0.371 e. The van der Waals surface area contributed by atoms with E-state index < -0.39 is 0 Å². The molecule has 21 heavy (non-hydrogen) atoms. The molecule has 2 atom stereocenters. The van der Waals surface area contributed by atoms with Crippen LogP contribution in [0.1, 0.15) is 47.2 Å². The first-order valence-corrected chi connectivity index (χ1v) is 7.95. The van der Waals surface area contributed by atoms with E-state index in [0.717, 1.165) is 32.4 Å². The third-order valence-electron chi connectivity index (χ3n) is 4.83. The van der Waals surface area contributed by atoms with Crippen LogP contribution in [0, 0.1) is 0 Å². The fourth-order valence-corrected chi connectivity index (χ4v) is 3.71. The smallest absolute Gasteiger partial charge is 0.101 e. The summed E-state index contributed by atoms with van der Waals surface area (Å²) in [6.07, 6.45) is 9.19. The number of aromatic nitrogens is 1. The quantitative estimate of drug-likeness (QED) is 0.919. The lowest BCUT2D eigenvalue weighted by molar-refractivity contribution is 0.0306. The molecule has 110 valence electrons. The fraction of sp³-hybridized carbons (Fsp3) is 0.444. The van der Waals surface area contributed by atoms with Gasteiger partial charge in [0.15, 0.2) is 0 Å². The van der Waals surface area contributed by atoms with Gasteiger partial charge in [-0.25, -0.2) is 0 Å². The maximum atomic E-state index is 6.22. The molecule has 0 bridgehead atoms. The number of ether oxygens (including phenoxy) is 1. The molecule has 0 saturated heterocycles. The molecule has 3 heteroatoms. The van der Waals surface area contributed by atoms with Crippen molar-refractivity contribution >= 4 is 0 Å². The van der Waals surface area contributed by atoms with Gasteiger partial charge in [0.2, 0.25) is 0 Å². The molecule has 2 aromatic rings. The molecule has 2 aliphatic rings. The van der Waals surface area contributed by atoms with Gasteiger partial charge in [-0.2, -0.15) is 0 Å². The monoisotopic (exact) mass is 282 g/mol. The van der Waals surface area contributed by atoms with Crippen molar-refractivity contribution in [1.29, 1.82) is 0 Å². The molecule has 1 aliphatic carbocycles. The Labute approximate surface area is 125 Å². The van der Waals surface area contributed by atoms with E-state index in [1.165, 1.54) is 28.7 Å². The molecule has 0 radical (unpaired) electrons. The zero-order chi connectivity index (χ0) is 14.2. The Bertz CT molecular complexity index is 646. The van der Waals surface area contributed by atoms with E-state index in [1.54, 1.807) is 0 Å². The Morgan fingerprint density at radius 3 is 2.90 bits per heavy atom. The standard InChI is InChI=1S/C18H22N2O/c19-17-7-3-5-14-10-20(11-16(14)17)12-18-15-6-2-1-4-13(15)8-9-21-18/h1-2,4,6,10-11,17-18H,3,5,7-9,12,19H2. The summed E-state index contributed by atoms with van der Waals surface area (Å²) < 4.78 is 8.30. The summed E-state index contributed by atoms with van der Waals surface area (Å²) in [5.74, 6) is 0. The second-order valence-electron chi connectivity index (χ2n) is 6.24. The average molecular weight is 282 g/mol. The largest absolute Gasteiger partial charge is 0.371 e. The molecule has 4 rings (SSSR count). The van der Waals surface area contributed by atoms with Gasteiger partial charge in [0.1, 0.15) is 6.10 Å². The molecule has 2 unspecified atom stereocenters. The molecular weight excluding hydrogens is 260 g/mol. The van der Waals surface area contributed by atoms with Crippen LogP contribution in [0.4, 0.5) is 0 Å². The van der Waals surface area contributed by atoms with Crippen LogP contribution in [0.25, 0.3) is 0 Å². The van der Waals surface area contributed by atoms with E-state index in [1.807, 2.05) is 0 Å². The van der Waals surface area contributed by atoms with Crippen molar-refractivity contribution in [3.63, 3.8) is 0 Å². The van der Waals surface area contributed by atoms with E-state index >= 15 is 0 Å². The molecule has 3 nitrogen and oxygen atoms in total. The zero-order valence-corrected chi connectivity index (χ0v) is 12.3. The number of nitrogens with two attached hydrogens (primary N) is 1. The summed E-state index contributed by atoms with van der Waals surface area (Å²) in [6.45, 7) is 1.71. The van der Waals surface area contributed by atoms with Crippen LogP contribution in [0.5, 0.6) is 0 Å². The van der Waals surface area contributed by atoms with Gasteiger partial charge in [-0.3, -0.25) is 0 Å². The summed E-state index contributed by atoms with van der Waals surface area (Å²) >= 11 is 0. The Morgan fingerprint density at radius 1 is 1.10 bits per heavy atom. The van der Waals surface area contributed by atoms with E-state index in [0.29, 0.717) is 0 Å². The van der Waals surface area contributed by atoms with Crippen LogP contribution in [-0.4, -0.2) is 11.2 Å². The number of rotatable bonds is 2. The van der Waals surface area contributed by atoms with Gasteiger partial charge < -0.3 is 15.0 Å². The van der Waals surface area contributed by atoms with E-state index in [2.05, 4.69) is 41.2 Å². The summed E-state index contributed by atoms with van der Waals surface area (Å²) in [5.41, 5.74) is 11.8. The predicted molar refractivity (Wildman–Crippen MR) is 83.1 cm³/mol. The van der Waals surface area contributed by atoms with Crippen molar-refractivity contribution in [1.82, 2.24) is 4.57 Å². The van der Waals surface area contributed by atoms with E-state index in [4.69, 9.17) is 10.5 Å². The Balaban J connectivity index is 1.60. The van der Waals surface area contributed by atoms with Gasteiger partial charge in [0, 0.05) is 18.4 Å². The minimum atomic E-state index is 0.167. The number of hydrogen-bond acceptors (Lipinski definition) is 2. The minimum absolute atomic E-state index is 0.167. The Kier molecular flexibility index (Phi) is 3.32. The zero-order valence-electron chi connectivity index (χ0n) is 12.3. The number of fused-ring (bicyclic) bond motifs is 2. The van der Waals surface area contributed by atoms with Crippen LogP contribution in [-0.2, 0) is 24.1 Å². The van der Waals surface area contributed by atoms with Crippen LogP contribution in [0.2, 0.25) is 0 Å². The number of nitrogens with zero attached hydrogens (tertiary/aromatic N) is 1. The first kappa shape index (κ1) is 13.1. The van der Waals surface area contributed by atoms with Crippen molar-refractivity contribution in [2.75, 3.05) is 6.61 Å². The molecular formula is C18H22N2O. The van der Waals surface area contributed by atoms with Gasteiger partial charge in [0.05, 0.1) is 13.2 Å². The van der Waals surface area contributed by atoms with Crippen LogP contribution in [0.15, 0.2) is 36.7 Å². The molecule has 0 amide bonds. The van der Waals surface area contributed by atoms with Crippen molar-refractivity contribution < 1.29 is 4.74 Å². The molecule has 2 N–H and O–H groups in total. The SMILES string of the molecule is NC1CCCc2cn(CC3OCCc4ccccc43)cc21. The van der Waals surface area contributed by atoms with Crippen LogP contribution < -0.4 is 5.73 Å². The highest BCUT2D eigenvalue weighted by atomic mass is 16.5. The lowest BCUT2D eigenvalue weighted by Gasteiger charge is -2.26. The van der Waals surface area contributed by atoms with Gasteiger partial charge in [0.25, 0.3) is 0 Å². The van der Waals surface area contributed by atoms with Crippen molar-refractivity contribution in [2.45, 2.75) is 44.4 Å². The maximum absolute atomic E-state index is 6.22. The highest BCUT2D eigenvalue weighted by molar-refractivity contribution is 5.32. The summed E-state index contributed by atoms with van der Waals surface area (Å²) in [5, 5.41) is 0. The molecule has 1 aromatic heterocycles. The Morgan fingerprint density at radius 2 is 2.00 bits per heavy atom.